The average Bonchev–Trinajstić information content (AvgIpc) is 2.96. The van der Waals surface area contributed by atoms with Gasteiger partial charge >= 0.3 is 0 Å². The lowest BCUT2D eigenvalue weighted by Crippen LogP contribution is -2.48. The van der Waals surface area contributed by atoms with Gasteiger partial charge < -0.3 is 0 Å². The van der Waals surface area contributed by atoms with E-state index in [4.69, 9.17) is 0 Å². The van der Waals surface area contributed by atoms with Crippen molar-refractivity contribution in [2.24, 2.45) is 0 Å². The summed E-state index contributed by atoms with van der Waals surface area (Å²) in [6, 6.07) is 2.83. The Morgan fingerprint density at radius 1 is 1.38 bits per heavy atom. The fraction of sp³-hybridized carbons (Fsp3) is 0.812. The van der Waals surface area contributed by atoms with Crippen LogP contribution in [0, 0.1) is 11.3 Å². The van der Waals surface area contributed by atoms with Crippen LogP contribution < -0.4 is 5.32 Å². The van der Waals surface area contributed by atoms with Crippen LogP contribution in [0.4, 0.5) is 0 Å². The molecule has 0 aromatic carbocycles. The summed E-state index contributed by atoms with van der Waals surface area (Å²) in [5, 5.41) is 17.8. The Bertz CT molecular complexity index is 501. The zero-order chi connectivity index (χ0) is 15.3. The van der Waals surface area contributed by atoms with Gasteiger partial charge in [-0.3, -0.25) is 5.32 Å². The van der Waals surface area contributed by atoms with E-state index in [2.05, 4.69) is 46.9 Å². The van der Waals surface area contributed by atoms with Crippen LogP contribution >= 0.6 is 0 Å². The predicted octanol–water partition coefficient (Wildman–Crippen LogP) is 2.78. The summed E-state index contributed by atoms with van der Waals surface area (Å²) in [5.74, 6) is 1.97. The van der Waals surface area contributed by atoms with E-state index in [9.17, 15) is 5.26 Å². The molecule has 1 saturated carbocycles. The summed E-state index contributed by atoms with van der Waals surface area (Å²) >= 11 is 0. The number of nitrogens with one attached hydrogen (secondary N) is 1. The number of aryl methyl sites for hydroxylation is 2. The van der Waals surface area contributed by atoms with Gasteiger partial charge in [0.1, 0.15) is 11.4 Å². The third kappa shape index (κ3) is 3.44. The predicted molar refractivity (Wildman–Crippen MR) is 82.9 cm³/mol. The van der Waals surface area contributed by atoms with Crippen LogP contribution in [0.5, 0.6) is 0 Å². The second kappa shape index (κ2) is 7.04. The standard InChI is InChI=1S/C16H27N5/c1-4-10-18-16(12-17)9-7-8-13(11-16)21-15(6-3)19-14(5-2)20-21/h13,18H,4-11H2,1-3H3. The van der Waals surface area contributed by atoms with E-state index in [1.807, 2.05) is 0 Å². The van der Waals surface area contributed by atoms with E-state index in [1.165, 1.54) is 0 Å². The first kappa shape index (κ1) is 16.0. The van der Waals surface area contributed by atoms with Gasteiger partial charge in [0, 0.05) is 19.3 Å². The van der Waals surface area contributed by atoms with Crippen LogP contribution in [0.3, 0.4) is 0 Å². The summed E-state index contributed by atoms with van der Waals surface area (Å²) in [4.78, 5) is 4.61. The first-order valence-corrected chi connectivity index (χ1v) is 8.28. The van der Waals surface area contributed by atoms with E-state index < -0.39 is 0 Å². The first-order chi connectivity index (χ1) is 10.2. The number of hydrogen-bond donors (Lipinski definition) is 1. The lowest BCUT2D eigenvalue weighted by Gasteiger charge is -2.36. The molecule has 2 unspecified atom stereocenters. The summed E-state index contributed by atoms with van der Waals surface area (Å²) in [6.07, 6.45) is 6.75. The molecule has 2 atom stereocenters. The van der Waals surface area contributed by atoms with Crippen LogP contribution in [0.25, 0.3) is 0 Å². The molecule has 0 aliphatic heterocycles. The highest BCUT2D eigenvalue weighted by Crippen LogP contribution is 2.35. The second-order valence-corrected chi connectivity index (χ2v) is 5.97. The molecule has 0 saturated heterocycles. The van der Waals surface area contributed by atoms with E-state index >= 15 is 0 Å². The van der Waals surface area contributed by atoms with Gasteiger partial charge in [-0.1, -0.05) is 20.8 Å². The number of nitrogens with zero attached hydrogens (tertiary/aromatic N) is 4. The molecule has 1 aromatic heterocycles. The molecule has 0 bridgehead atoms. The van der Waals surface area contributed by atoms with Crippen LogP contribution in [0.2, 0.25) is 0 Å². The van der Waals surface area contributed by atoms with Crippen molar-refractivity contribution >= 4 is 0 Å². The lowest BCUT2D eigenvalue weighted by molar-refractivity contribution is 0.217. The minimum atomic E-state index is -0.387. The lowest BCUT2D eigenvalue weighted by atomic mass is 9.80. The topological polar surface area (TPSA) is 66.5 Å². The van der Waals surface area contributed by atoms with Crippen LogP contribution in [0.15, 0.2) is 0 Å². The van der Waals surface area contributed by atoms with Crippen molar-refractivity contribution in [2.45, 2.75) is 77.3 Å². The van der Waals surface area contributed by atoms with Crippen LogP contribution in [0.1, 0.15) is 70.6 Å². The quantitative estimate of drug-likeness (QED) is 0.874. The van der Waals surface area contributed by atoms with Crippen LogP contribution in [-0.4, -0.2) is 26.8 Å². The SMILES string of the molecule is CCCNC1(C#N)CCCC(n2nc(CC)nc2CC)C1. The normalized spacial score (nSPS) is 25.7. The zero-order valence-corrected chi connectivity index (χ0v) is 13.5. The van der Waals surface area contributed by atoms with Crippen LogP contribution in [-0.2, 0) is 12.8 Å². The van der Waals surface area contributed by atoms with Gasteiger partial charge in [-0.2, -0.15) is 10.4 Å². The van der Waals surface area contributed by atoms with E-state index in [0.29, 0.717) is 6.04 Å². The smallest absolute Gasteiger partial charge is 0.150 e. The Labute approximate surface area is 127 Å². The van der Waals surface area contributed by atoms with Crippen molar-refractivity contribution in [2.75, 3.05) is 6.54 Å². The Morgan fingerprint density at radius 2 is 2.19 bits per heavy atom. The van der Waals surface area contributed by atoms with Crippen molar-refractivity contribution in [3.05, 3.63) is 11.6 Å². The zero-order valence-electron chi connectivity index (χ0n) is 13.5. The van der Waals surface area contributed by atoms with E-state index in [1.54, 1.807) is 0 Å². The number of rotatable bonds is 6. The largest absolute Gasteiger partial charge is 0.299 e. The second-order valence-electron chi connectivity index (χ2n) is 5.97. The molecule has 1 N–H and O–H groups in total. The van der Waals surface area contributed by atoms with E-state index in [-0.39, 0.29) is 5.54 Å². The van der Waals surface area contributed by atoms with Gasteiger partial charge in [-0.25, -0.2) is 9.67 Å². The molecular formula is C16H27N5. The van der Waals surface area contributed by atoms with Crippen molar-refractivity contribution < 1.29 is 0 Å². The minimum Gasteiger partial charge on any atom is -0.299 e. The maximum Gasteiger partial charge on any atom is 0.150 e. The van der Waals surface area contributed by atoms with Gasteiger partial charge in [0.2, 0.25) is 0 Å². The van der Waals surface area contributed by atoms with Crippen molar-refractivity contribution in [3.63, 3.8) is 0 Å². The molecular weight excluding hydrogens is 262 g/mol. The molecule has 0 spiro atoms. The third-order valence-corrected chi connectivity index (χ3v) is 4.38. The molecule has 0 radical (unpaired) electrons. The Balaban J connectivity index is 2.20. The van der Waals surface area contributed by atoms with E-state index in [0.717, 1.165) is 63.1 Å². The highest BCUT2D eigenvalue weighted by atomic mass is 15.4. The maximum absolute atomic E-state index is 9.65. The first-order valence-electron chi connectivity index (χ1n) is 8.28. The molecule has 21 heavy (non-hydrogen) atoms. The van der Waals surface area contributed by atoms with Crippen molar-refractivity contribution in [1.82, 2.24) is 20.1 Å². The number of aromatic nitrogens is 3. The molecule has 5 heteroatoms. The average molecular weight is 289 g/mol. The Morgan fingerprint density at radius 3 is 2.81 bits per heavy atom. The molecule has 0 amide bonds. The molecule has 116 valence electrons. The minimum absolute atomic E-state index is 0.297. The van der Waals surface area contributed by atoms with Crippen molar-refractivity contribution in [1.29, 1.82) is 5.26 Å². The van der Waals surface area contributed by atoms with Crippen molar-refractivity contribution in [3.8, 4) is 6.07 Å². The highest BCUT2D eigenvalue weighted by molar-refractivity contribution is 5.11. The highest BCUT2D eigenvalue weighted by Gasteiger charge is 2.37. The Kier molecular flexibility index (Phi) is 5.35. The molecule has 1 aliphatic carbocycles. The summed E-state index contributed by atoms with van der Waals surface area (Å²) < 4.78 is 2.09. The summed E-state index contributed by atoms with van der Waals surface area (Å²) in [5.41, 5.74) is -0.387. The Hall–Kier alpha value is -1.41. The van der Waals surface area contributed by atoms with Gasteiger partial charge in [0.05, 0.1) is 12.1 Å². The van der Waals surface area contributed by atoms with Gasteiger partial charge in [-0.15, -0.1) is 0 Å². The van der Waals surface area contributed by atoms with Gasteiger partial charge in [0.25, 0.3) is 0 Å². The third-order valence-electron chi connectivity index (χ3n) is 4.38. The molecule has 1 heterocycles. The molecule has 5 nitrogen and oxygen atoms in total. The molecule has 1 aliphatic rings. The molecule has 1 fully saturated rings. The maximum atomic E-state index is 9.65. The van der Waals surface area contributed by atoms with Gasteiger partial charge in [0.15, 0.2) is 5.82 Å². The summed E-state index contributed by atoms with van der Waals surface area (Å²) in [6.45, 7) is 7.25. The van der Waals surface area contributed by atoms with Gasteiger partial charge in [-0.05, 0) is 32.2 Å². The fourth-order valence-corrected chi connectivity index (χ4v) is 3.21. The summed E-state index contributed by atoms with van der Waals surface area (Å²) in [7, 11) is 0. The molecule has 1 aromatic rings. The molecule has 2 rings (SSSR count). The number of hydrogen-bond acceptors (Lipinski definition) is 4. The monoisotopic (exact) mass is 289 g/mol. The number of nitriles is 1. The fourth-order valence-electron chi connectivity index (χ4n) is 3.21.